The lowest BCUT2D eigenvalue weighted by molar-refractivity contribution is 0.442. The van der Waals surface area contributed by atoms with E-state index in [9.17, 15) is 5.11 Å². The third-order valence-corrected chi connectivity index (χ3v) is 3.69. The topological polar surface area (TPSA) is 20.2 Å². The maximum atomic E-state index is 9.99. The summed E-state index contributed by atoms with van der Waals surface area (Å²) in [6, 6.07) is 7.87. The van der Waals surface area contributed by atoms with Gasteiger partial charge in [-0.1, -0.05) is 70.6 Å². The van der Waals surface area contributed by atoms with Crippen molar-refractivity contribution in [1.82, 2.24) is 0 Å². The van der Waals surface area contributed by atoms with Gasteiger partial charge in [-0.3, -0.25) is 0 Å². The molecule has 0 saturated heterocycles. The minimum absolute atomic E-state index is 0.482. The number of phenols is 1. The standard InChI is InChI=1S/C17H28O/c1-3-5-7-11-15(12-8-6-4-2)16-13-9-10-14-17(16)18/h9-10,13-15,18H,3-8,11-12H2,1-2H3. The monoisotopic (exact) mass is 248 g/mol. The number of para-hydroxylation sites is 1. The molecule has 0 spiro atoms. The highest BCUT2D eigenvalue weighted by Crippen LogP contribution is 2.33. The van der Waals surface area contributed by atoms with E-state index in [-0.39, 0.29) is 0 Å². The molecule has 0 unspecified atom stereocenters. The molecule has 0 aliphatic carbocycles. The molecular formula is C17H28O. The number of aromatic hydroxyl groups is 1. The number of benzene rings is 1. The average molecular weight is 248 g/mol. The Morgan fingerprint density at radius 1 is 0.889 bits per heavy atom. The first-order chi connectivity index (χ1) is 8.79. The Morgan fingerprint density at radius 3 is 1.94 bits per heavy atom. The Kier molecular flexibility index (Phi) is 7.55. The molecule has 0 aromatic heterocycles. The largest absolute Gasteiger partial charge is 0.508 e. The predicted molar refractivity (Wildman–Crippen MR) is 79.1 cm³/mol. The third-order valence-electron chi connectivity index (χ3n) is 3.69. The van der Waals surface area contributed by atoms with Crippen LogP contribution in [0.15, 0.2) is 24.3 Å². The zero-order valence-electron chi connectivity index (χ0n) is 12.0. The van der Waals surface area contributed by atoms with Crippen LogP contribution in [-0.2, 0) is 0 Å². The van der Waals surface area contributed by atoms with Gasteiger partial charge in [0, 0.05) is 0 Å². The molecule has 1 nitrogen and oxygen atoms in total. The Hall–Kier alpha value is -0.980. The lowest BCUT2D eigenvalue weighted by atomic mass is 9.88. The van der Waals surface area contributed by atoms with Crippen LogP contribution >= 0.6 is 0 Å². The first kappa shape index (κ1) is 15.1. The van der Waals surface area contributed by atoms with Gasteiger partial charge in [0.1, 0.15) is 5.75 Å². The lowest BCUT2D eigenvalue weighted by Gasteiger charge is -2.18. The highest BCUT2D eigenvalue weighted by molar-refractivity contribution is 5.34. The summed E-state index contributed by atoms with van der Waals surface area (Å²) in [6.45, 7) is 4.48. The molecule has 1 N–H and O–H groups in total. The maximum Gasteiger partial charge on any atom is 0.119 e. The first-order valence-electron chi connectivity index (χ1n) is 7.57. The molecule has 0 radical (unpaired) electrons. The van der Waals surface area contributed by atoms with Crippen molar-refractivity contribution in [2.75, 3.05) is 0 Å². The maximum absolute atomic E-state index is 9.99. The van der Waals surface area contributed by atoms with Gasteiger partial charge in [-0.05, 0) is 30.4 Å². The highest BCUT2D eigenvalue weighted by atomic mass is 16.3. The molecule has 0 bridgehead atoms. The number of phenolic OH excluding ortho intramolecular Hbond substituents is 1. The van der Waals surface area contributed by atoms with Gasteiger partial charge < -0.3 is 5.11 Å². The van der Waals surface area contributed by atoms with Crippen LogP contribution in [0.1, 0.15) is 76.7 Å². The number of hydrogen-bond donors (Lipinski definition) is 1. The molecule has 0 fully saturated rings. The van der Waals surface area contributed by atoms with Gasteiger partial charge in [0.05, 0.1) is 0 Å². The summed E-state index contributed by atoms with van der Waals surface area (Å²) in [5.74, 6) is 1.03. The second kappa shape index (κ2) is 9.02. The predicted octanol–water partition coefficient (Wildman–Crippen LogP) is 5.64. The van der Waals surface area contributed by atoms with Crippen LogP contribution in [0.25, 0.3) is 0 Å². The van der Waals surface area contributed by atoms with Crippen molar-refractivity contribution in [2.24, 2.45) is 0 Å². The summed E-state index contributed by atoms with van der Waals surface area (Å²) in [5, 5.41) is 9.99. The minimum Gasteiger partial charge on any atom is -0.508 e. The van der Waals surface area contributed by atoms with Crippen molar-refractivity contribution in [2.45, 2.75) is 71.1 Å². The smallest absolute Gasteiger partial charge is 0.119 e. The van der Waals surface area contributed by atoms with Gasteiger partial charge in [0.2, 0.25) is 0 Å². The molecular weight excluding hydrogens is 220 g/mol. The van der Waals surface area contributed by atoms with Crippen LogP contribution in [-0.4, -0.2) is 5.11 Å². The molecule has 0 saturated carbocycles. The van der Waals surface area contributed by atoms with Crippen molar-refractivity contribution in [3.63, 3.8) is 0 Å². The van der Waals surface area contributed by atoms with E-state index in [4.69, 9.17) is 0 Å². The second-order valence-electron chi connectivity index (χ2n) is 5.25. The average Bonchev–Trinajstić information content (AvgIpc) is 2.38. The SMILES string of the molecule is CCCCCC(CCCCC)c1ccccc1O. The van der Waals surface area contributed by atoms with Crippen LogP contribution in [0.4, 0.5) is 0 Å². The van der Waals surface area contributed by atoms with E-state index in [1.165, 1.54) is 51.4 Å². The molecule has 1 aromatic carbocycles. The van der Waals surface area contributed by atoms with Crippen molar-refractivity contribution in [3.05, 3.63) is 29.8 Å². The van der Waals surface area contributed by atoms with E-state index in [0.717, 1.165) is 5.56 Å². The lowest BCUT2D eigenvalue weighted by Crippen LogP contribution is -2.00. The van der Waals surface area contributed by atoms with Gasteiger partial charge in [-0.15, -0.1) is 0 Å². The van der Waals surface area contributed by atoms with Crippen molar-refractivity contribution in [3.8, 4) is 5.75 Å². The van der Waals surface area contributed by atoms with E-state index in [1.54, 1.807) is 0 Å². The highest BCUT2D eigenvalue weighted by Gasteiger charge is 2.14. The molecule has 1 aromatic rings. The van der Waals surface area contributed by atoms with Gasteiger partial charge in [-0.25, -0.2) is 0 Å². The fraction of sp³-hybridized carbons (Fsp3) is 0.647. The van der Waals surface area contributed by atoms with Gasteiger partial charge in [0.15, 0.2) is 0 Å². The van der Waals surface area contributed by atoms with Crippen LogP contribution in [0.2, 0.25) is 0 Å². The molecule has 0 aliphatic rings. The molecule has 1 rings (SSSR count). The van der Waals surface area contributed by atoms with E-state index in [2.05, 4.69) is 19.9 Å². The van der Waals surface area contributed by atoms with Crippen LogP contribution in [0.3, 0.4) is 0 Å². The third kappa shape index (κ3) is 5.12. The normalized spacial score (nSPS) is 11.1. The van der Waals surface area contributed by atoms with Crippen molar-refractivity contribution >= 4 is 0 Å². The molecule has 0 heterocycles. The Bertz CT molecular complexity index is 309. The zero-order chi connectivity index (χ0) is 13.2. The zero-order valence-corrected chi connectivity index (χ0v) is 12.0. The Balaban J connectivity index is 2.60. The minimum atomic E-state index is 0.482. The summed E-state index contributed by atoms with van der Waals surface area (Å²) in [6.07, 6.45) is 10.1. The molecule has 0 aliphatic heterocycles. The molecule has 0 amide bonds. The van der Waals surface area contributed by atoms with E-state index < -0.39 is 0 Å². The quantitative estimate of drug-likeness (QED) is 0.561. The molecule has 102 valence electrons. The Morgan fingerprint density at radius 2 is 1.44 bits per heavy atom. The number of hydrogen-bond acceptors (Lipinski definition) is 1. The van der Waals surface area contributed by atoms with Crippen LogP contribution in [0.5, 0.6) is 5.75 Å². The summed E-state index contributed by atoms with van der Waals surface area (Å²) in [7, 11) is 0. The second-order valence-corrected chi connectivity index (χ2v) is 5.25. The van der Waals surface area contributed by atoms with Gasteiger partial charge in [0.25, 0.3) is 0 Å². The number of unbranched alkanes of at least 4 members (excludes halogenated alkanes) is 4. The fourth-order valence-corrected chi connectivity index (χ4v) is 2.57. The summed E-state index contributed by atoms with van der Waals surface area (Å²) >= 11 is 0. The van der Waals surface area contributed by atoms with Crippen molar-refractivity contribution in [1.29, 1.82) is 0 Å². The van der Waals surface area contributed by atoms with E-state index in [0.29, 0.717) is 11.7 Å². The number of rotatable bonds is 9. The van der Waals surface area contributed by atoms with E-state index in [1.807, 2.05) is 18.2 Å². The van der Waals surface area contributed by atoms with Gasteiger partial charge >= 0.3 is 0 Å². The summed E-state index contributed by atoms with van der Waals surface area (Å²) in [5.41, 5.74) is 1.16. The van der Waals surface area contributed by atoms with Gasteiger partial charge in [-0.2, -0.15) is 0 Å². The summed E-state index contributed by atoms with van der Waals surface area (Å²) < 4.78 is 0. The van der Waals surface area contributed by atoms with Crippen molar-refractivity contribution < 1.29 is 5.11 Å². The van der Waals surface area contributed by atoms with Crippen LogP contribution in [0, 0.1) is 0 Å². The molecule has 0 atom stereocenters. The molecule has 18 heavy (non-hydrogen) atoms. The fourth-order valence-electron chi connectivity index (χ4n) is 2.57. The molecule has 1 heteroatoms. The first-order valence-corrected chi connectivity index (χ1v) is 7.57. The van der Waals surface area contributed by atoms with E-state index >= 15 is 0 Å². The summed E-state index contributed by atoms with van der Waals surface area (Å²) in [4.78, 5) is 0. The van der Waals surface area contributed by atoms with Crippen LogP contribution < -0.4 is 0 Å². The Labute approximate surface area is 112 Å².